The monoisotopic (exact) mass is 573 g/mol. The Labute approximate surface area is 217 Å². The molecular formula is C26H32IN5O2. The van der Waals surface area contributed by atoms with Crippen LogP contribution < -0.4 is 16.0 Å². The molecule has 8 heteroatoms. The van der Waals surface area contributed by atoms with Gasteiger partial charge in [-0.3, -0.25) is 9.79 Å². The third-order valence-corrected chi connectivity index (χ3v) is 5.89. The average molecular weight is 573 g/mol. The molecule has 7 nitrogen and oxygen atoms in total. The van der Waals surface area contributed by atoms with E-state index >= 15 is 0 Å². The van der Waals surface area contributed by atoms with E-state index in [0.717, 1.165) is 48.2 Å². The number of guanidine groups is 1. The van der Waals surface area contributed by atoms with E-state index < -0.39 is 0 Å². The molecule has 0 bridgehead atoms. The molecule has 3 aromatic rings. The number of benzene rings is 2. The van der Waals surface area contributed by atoms with Gasteiger partial charge in [-0.05, 0) is 49.6 Å². The number of hydrogen-bond donors (Lipinski definition) is 3. The number of hydrogen-bond acceptors (Lipinski definition) is 4. The molecule has 34 heavy (non-hydrogen) atoms. The predicted octanol–water partition coefficient (Wildman–Crippen LogP) is 5.26. The minimum absolute atomic E-state index is 0. The quantitative estimate of drug-likeness (QED) is 0.204. The molecule has 0 aliphatic heterocycles. The van der Waals surface area contributed by atoms with Gasteiger partial charge in [-0.1, -0.05) is 42.7 Å². The fourth-order valence-electron chi connectivity index (χ4n) is 3.99. The number of aliphatic imine (C=N–C) groups is 1. The lowest BCUT2D eigenvalue weighted by atomic mass is 10.1. The number of nitrogens with one attached hydrogen (secondary N) is 3. The van der Waals surface area contributed by atoms with E-state index in [4.69, 9.17) is 4.42 Å². The second-order valence-corrected chi connectivity index (χ2v) is 8.46. The summed E-state index contributed by atoms with van der Waals surface area (Å²) in [6.45, 7) is 3.13. The van der Waals surface area contributed by atoms with E-state index in [0.29, 0.717) is 24.9 Å². The van der Waals surface area contributed by atoms with Gasteiger partial charge in [-0.25, -0.2) is 4.98 Å². The minimum Gasteiger partial charge on any atom is -0.444 e. The number of anilines is 1. The normalized spacial score (nSPS) is 13.9. The molecule has 1 aliphatic carbocycles. The van der Waals surface area contributed by atoms with Crippen molar-refractivity contribution in [3.8, 4) is 11.5 Å². The van der Waals surface area contributed by atoms with Gasteiger partial charge in [0, 0.05) is 30.8 Å². The molecule has 1 aromatic heterocycles. The fourth-order valence-corrected chi connectivity index (χ4v) is 3.99. The summed E-state index contributed by atoms with van der Waals surface area (Å²) in [7, 11) is 1.73. The summed E-state index contributed by atoms with van der Waals surface area (Å²) in [4.78, 5) is 21.2. The van der Waals surface area contributed by atoms with E-state index in [1.807, 2.05) is 48.5 Å². The lowest BCUT2D eigenvalue weighted by Gasteiger charge is -2.13. The molecule has 0 unspecified atom stereocenters. The van der Waals surface area contributed by atoms with Crippen molar-refractivity contribution in [1.82, 2.24) is 15.6 Å². The number of carbonyl (C=O) groups is 1. The van der Waals surface area contributed by atoms with Crippen LogP contribution in [0.25, 0.3) is 11.5 Å². The summed E-state index contributed by atoms with van der Waals surface area (Å²) in [5.41, 5.74) is 4.84. The Hall–Kier alpha value is -2.88. The van der Waals surface area contributed by atoms with Crippen LogP contribution in [0.5, 0.6) is 0 Å². The molecule has 0 atom stereocenters. The van der Waals surface area contributed by atoms with Crippen molar-refractivity contribution in [2.75, 3.05) is 12.4 Å². The molecule has 0 radical (unpaired) electrons. The zero-order valence-electron chi connectivity index (χ0n) is 19.6. The van der Waals surface area contributed by atoms with Crippen LogP contribution in [0.2, 0.25) is 0 Å². The first-order valence-electron chi connectivity index (χ1n) is 11.5. The van der Waals surface area contributed by atoms with Gasteiger partial charge in [0.1, 0.15) is 6.26 Å². The summed E-state index contributed by atoms with van der Waals surface area (Å²) in [6, 6.07) is 16.0. The topological polar surface area (TPSA) is 91.5 Å². The summed E-state index contributed by atoms with van der Waals surface area (Å²) in [6.07, 6.45) is 5.94. The van der Waals surface area contributed by atoms with Crippen LogP contribution in [0.15, 0.2) is 64.2 Å². The molecule has 3 N–H and O–H groups in total. The van der Waals surface area contributed by atoms with Gasteiger partial charge < -0.3 is 20.4 Å². The highest BCUT2D eigenvalue weighted by atomic mass is 127. The number of aryl methyl sites for hydroxylation is 1. The summed E-state index contributed by atoms with van der Waals surface area (Å²) in [5.74, 6) is 1.55. The molecule has 1 heterocycles. The van der Waals surface area contributed by atoms with Gasteiger partial charge in [-0.15, -0.1) is 24.0 Å². The van der Waals surface area contributed by atoms with Crippen LogP contribution in [0.4, 0.5) is 5.69 Å². The first-order chi connectivity index (χ1) is 16.1. The van der Waals surface area contributed by atoms with Gasteiger partial charge >= 0.3 is 0 Å². The Bertz CT molecular complexity index is 1100. The fraction of sp³-hybridized carbons (Fsp3) is 0.346. The van der Waals surface area contributed by atoms with Gasteiger partial charge in [0.25, 0.3) is 0 Å². The SMILES string of the molecule is CN=C(NCc1cccc(NC(=O)C2CCCC2)c1)NCc1coc(-c2ccc(C)cc2)n1.I. The molecule has 1 saturated carbocycles. The second-order valence-electron chi connectivity index (χ2n) is 8.46. The summed E-state index contributed by atoms with van der Waals surface area (Å²) < 4.78 is 5.62. The van der Waals surface area contributed by atoms with E-state index in [1.54, 1.807) is 13.3 Å². The lowest BCUT2D eigenvalue weighted by Crippen LogP contribution is -2.36. The van der Waals surface area contributed by atoms with Crippen molar-refractivity contribution in [3.05, 3.63) is 71.6 Å². The van der Waals surface area contributed by atoms with E-state index in [-0.39, 0.29) is 35.8 Å². The molecule has 0 spiro atoms. The Kier molecular flexibility index (Phi) is 9.50. The average Bonchev–Trinajstić information content (AvgIpc) is 3.53. The van der Waals surface area contributed by atoms with Crippen LogP contribution in [0, 0.1) is 12.8 Å². The van der Waals surface area contributed by atoms with Crippen LogP contribution in [-0.2, 0) is 17.9 Å². The molecule has 2 aromatic carbocycles. The Balaban J connectivity index is 0.00000324. The van der Waals surface area contributed by atoms with Crippen molar-refractivity contribution >= 4 is 41.5 Å². The Morgan fingerprint density at radius 3 is 2.56 bits per heavy atom. The van der Waals surface area contributed by atoms with E-state index in [9.17, 15) is 4.79 Å². The first-order valence-corrected chi connectivity index (χ1v) is 11.5. The van der Waals surface area contributed by atoms with Crippen molar-refractivity contribution in [2.45, 2.75) is 45.7 Å². The smallest absolute Gasteiger partial charge is 0.227 e. The number of aromatic nitrogens is 1. The number of halogens is 1. The van der Waals surface area contributed by atoms with Crippen LogP contribution in [-0.4, -0.2) is 23.9 Å². The number of nitrogens with zero attached hydrogens (tertiary/aromatic N) is 2. The van der Waals surface area contributed by atoms with Crippen molar-refractivity contribution in [1.29, 1.82) is 0 Å². The summed E-state index contributed by atoms with van der Waals surface area (Å²) >= 11 is 0. The van der Waals surface area contributed by atoms with Crippen LogP contribution in [0.3, 0.4) is 0 Å². The van der Waals surface area contributed by atoms with Crippen molar-refractivity contribution < 1.29 is 9.21 Å². The maximum Gasteiger partial charge on any atom is 0.227 e. The van der Waals surface area contributed by atoms with Crippen molar-refractivity contribution in [2.24, 2.45) is 10.9 Å². The van der Waals surface area contributed by atoms with E-state index in [1.165, 1.54) is 5.56 Å². The second kappa shape index (κ2) is 12.5. The zero-order chi connectivity index (χ0) is 23.0. The molecule has 4 rings (SSSR count). The Morgan fingerprint density at radius 1 is 1.09 bits per heavy atom. The van der Waals surface area contributed by atoms with Crippen LogP contribution >= 0.6 is 24.0 Å². The van der Waals surface area contributed by atoms with Gasteiger partial charge in [0.2, 0.25) is 11.8 Å². The van der Waals surface area contributed by atoms with Gasteiger partial charge in [0.05, 0.1) is 12.2 Å². The maximum atomic E-state index is 12.4. The van der Waals surface area contributed by atoms with Crippen LogP contribution in [0.1, 0.15) is 42.5 Å². The number of oxazole rings is 1. The number of carbonyl (C=O) groups excluding carboxylic acids is 1. The number of amides is 1. The third kappa shape index (κ3) is 7.06. The summed E-state index contributed by atoms with van der Waals surface area (Å²) in [5, 5.41) is 9.62. The Morgan fingerprint density at radius 2 is 1.82 bits per heavy atom. The highest BCUT2D eigenvalue weighted by Gasteiger charge is 2.22. The zero-order valence-corrected chi connectivity index (χ0v) is 22.0. The third-order valence-electron chi connectivity index (χ3n) is 5.89. The van der Waals surface area contributed by atoms with E-state index in [2.05, 4.69) is 32.9 Å². The first kappa shape index (κ1) is 25.7. The van der Waals surface area contributed by atoms with Crippen molar-refractivity contribution in [3.63, 3.8) is 0 Å². The molecule has 180 valence electrons. The minimum atomic E-state index is 0. The lowest BCUT2D eigenvalue weighted by molar-refractivity contribution is -0.119. The highest BCUT2D eigenvalue weighted by Crippen LogP contribution is 2.26. The highest BCUT2D eigenvalue weighted by molar-refractivity contribution is 14.0. The number of rotatable bonds is 7. The largest absolute Gasteiger partial charge is 0.444 e. The predicted molar refractivity (Wildman–Crippen MR) is 146 cm³/mol. The molecule has 1 aliphatic rings. The standard InChI is InChI=1S/C26H31N5O2.HI/c1-18-10-12-21(13-11-18)25-31-23(17-33-25)16-29-26(27-2)28-15-19-6-5-9-22(14-19)30-24(32)20-7-3-4-8-20;/h5-6,9-14,17,20H,3-4,7-8,15-16H2,1-2H3,(H,30,32)(H2,27,28,29);1H. The van der Waals surface area contributed by atoms with Gasteiger partial charge in [-0.2, -0.15) is 0 Å². The maximum absolute atomic E-state index is 12.4. The molecule has 1 amide bonds. The molecule has 1 fully saturated rings. The van der Waals surface area contributed by atoms with Gasteiger partial charge in [0.15, 0.2) is 5.96 Å². The molecular weight excluding hydrogens is 541 g/mol. The molecule has 0 saturated heterocycles.